The molecule has 0 saturated carbocycles. The highest BCUT2D eigenvalue weighted by Crippen LogP contribution is 2.13. The van der Waals surface area contributed by atoms with E-state index in [1.165, 1.54) is 17.5 Å². The van der Waals surface area contributed by atoms with Crippen molar-refractivity contribution in [2.45, 2.75) is 19.8 Å². The number of hydrogen-bond donors (Lipinski definition) is 1. The summed E-state index contributed by atoms with van der Waals surface area (Å²) in [7, 11) is 1.99. The highest BCUT2D eigenvalue weighted by atomic mass is 14.8. The maximum Gasteiger partial charge on any atom is -0.00488 e. The molecule has 14 heavy (non-hydrogen) atoms. The van der Waals surface area contributed by atoms with Gasteiger partial charge in [0, 0.05) is 0 Å². The molecule has 0 aliphatic heterocycles. The maximum atomic E-state index is 3.92. The van der Waals surface area contributed by atoms with Crippen molar-refractivity contribution >= 4 is 5.57 Å². The molecule has 0 heterocycles. The molecule has 76 valence electrons. The molecular weight excluding hydrogens is 170 g/mol. The van der Waals surface area contributed by atoms with Crippen LogP contribution < -0.4 is 5.32 Å². The number of rotatable bonds is 5. The van der Waals surface area contributed by atoms with Crippen molar-refractivity contribution in [1.82, 2.24) is 5.32 Å². The second-order valence-corrected chi connectivity index (χ2v) is 3.68. The molecule has 1 nitrogen and oxygen atoms in total. The Morgan fingerprint density at radius 3 is 2.43 bits per heavy atom. The van der Waals surface area contributed by atoms with Gasteiger partial charge in [-0.3, -0.25) is 0 Å². The highest BCUT2D eigenvalue weighted by Gasteiger charge is 1.94. The largest absolute Gasteiger partial charge is 0.320 e. The first-order valence-electron chi connectivity index (χ1n) is 5.13. The summed E-state index contributed by atoms with van der Waals surface area (Å²) < 4.78 is 0. The second-order valence-electron chi connectivity index (χ2n) is 3.68. The fraction of sp³-hybridized carbons (Fsp3) is 0.385. The van der Waals surface area contributed by atoms with E-state index in [9.17, 15) is 0 Å². The summed E-state index contributed by atoms with van der Waals surface area (Å²) in [6.45, 7) is 7.04. The van der Waals surface area contributed by atoms with Crippen molar-refractivity contribution in [2.24, 2.45) is 0 Å². The number of nitrogens with one attached hydrogen (secondary N) is 1. The van der Waals surface area contributed by atoms with Crippen LogP contribution in [0.2, 0.25) is 0 Å². The first-order chi connectivity index (χ1) is 6.74. The first kappa shape index (κ1) is 11.0. The topological polar surface area (TPSA) is 12.0 Å². The molecule has 0 radical (unpaired) electrons. The summed E-state index contributed by atoms with van der Waals surface area (Å²) >= 11 is 0. The van der Waals surface area contributed by atoms with Gasteiger partial charge in [0.1, 0.15) is 0 Å². The highest BCUT2D eigenvalue weighted by molar-refractivity contribution is 5.61. The average Bonchev–Trinajstić information content (AvgIpc) is 2.19. The zero-order valence-electron chi connectivity index (χ0n) is 9.14. The van der Waals surface area contributed by atoms with Crippen molar-refractivity contribution < 1.29 is 0 Å². The third kappa shape index (κ3) is 3.35. The van der Waals surface area contributed by atoms with Gasteiger partial charge in [0.2, 0.25) is 0 Å². The zero-order chi connectivity index (χ0) is 10.4. The lowest BCUT2D eigenvalue weighted by atomic mass is 10.0. The van der Waals surface area contributed by atoms with Crippen LogP contribution in [-0.4, -0.2) is 13.6 Å². The van der Waals surface area contributed by atoms with Gasteiger partial charge < -0.3 is 5.32 Å². The minimum absolute atomic E-state index is 1.09. The first-order valence-corrected chi connectivity index (χ1v) is 5.13. The minimum atomic E-state index is 1.09. The van der Waals surface area contributed by atoms with E-state index in [4.69, 9.17) is 0 Å². The quantitative estimate of drug-likeness (QED) is 0.702. The van der Waals surface area contributed by atoms with E-state index >= 15 is 0 Å². The van der Waals surface area contributed by atoms with Crippen LogP contribution in [-0.2, 0) is 6.42 Å². The van der Waals surface area contributed by atoms with Crippen molar-refractivity contribution in [3.63, 3.8) is 0 Å². The Morgan fingerprint density at radius 1 is 1.29 bits per heavy atom. The lowest BCUT2D eigenvalue weighted by Gasteiger charge is -2.03. The Labute approximate surface area is 86.8 Å². The summed E-state index contributed by atoms with van der Waals surface area (Å²) in [5, 5.41) is 3.15. The van der Waals surface area contributed by atoms with E-state index < -0.39 is 0 Å². The molecule has 0 aliphatic carbocycles. The molecule has 0 spiro atoms. The number of allylic oxidation sites excluding steroid dienone is 1. The molecule has 0 aromatic heterocycles. The molecule has 0 unspecified atom stereocenters. The summed E-state index contributed by atoms with van der Waals surface area (Å²) in [6.07, 6.45) is 2.35. The van der Waals surface area contributed by atoms with E-state index in [1.807, 2.05) is 14.0 Å². The van der Waals surface area contributed by atoms with Crippen LogP contribution in [0, 0.1) is 0 Å². The SMILES string of the molecule is C=C(C)c1ccc(CCCNC)cc1. The molecule has 1 rings (SSSR count). The van der Waals surface area contributed by atoms with Gasteiger partial charge in [-0.05, 0) is 44.5 Å². The van der Waals surface area contributed by atoms with Crippen LogP contribution in [0.15, 0.2) is 30.8 Å². The molecule has 0 fully saturated rings. The summed E-state index contributed by atoms with van der Waals surface area (Å²) in [5.74, 6) is 0. The second kappa shape index (κ2) is 5.61. The molecule has 1 aromatic rings. The summed E-state index contributed by atoms with van der Waals surface area (Å²) in [4.78, 5) is 0. The molecule has 1 heteroatoms. The third-order valence-corrected chi connectivity index (χ3v) is 2.34. The van der Waals surface area contributed by atoms with E-state index in [-0.39, 0.29) is 0 Å². The van der Waals surface area contributed by atoms with Crippen molar-refractivity contribution in [1.29, 1.82) is 0 Å². The van der Waals surface area contributed by atoms with E-state index in [1.54, 1.807) is 0 Å². The smallest absolute Gasteiger partial charge is 0.00488 e. The standard InChI is InChI=1S/C13H19N/c1-11(2)13-8-6-12(7-9-13)5-4-10-14-3/h6-9,14H,1,4-5,10H2,2-3H3. The lowest BCUT2D eigenvalue weighted by Crippen LogP contribution is -2.08. The Kier molecular flexibility index (Phi) is 4.41. The lowest BCUT2D eigenvalue weighted by molar-refractivity contribution is 0.725. The van der Waals surface area contributed by atoms with Gasteiger partial charge >= 0.3 is 0 Å². The van der Waals surface area contributed by atoms with E-state index in [0.29, 0.717) is 0 Å². The van der Waals surface area contributed by atoms with Crippen molar-refractivity contribution in [2.75, 3.05) is 13.6 Å². The van der Waals surface area contributed by atoms with Gasteiger partial charge in [-0.1, -0.05) is 36.4 Å². The summed E-state index contributed by atoms with van der Waals surface area (Å²) in [5.41, 5.74) is 3.78. The zero-order valence-corrected chi connectivity index (χ0v) is 9.14. The molecule has 1 aromatic carbocycles. The third-order valence-electron chi connectivity index (χ3n) is 2.34. The average molecular weight is 189 g/mol. The Hall–Kier alpha value is -1.08. The van der Waals surface area contributed by atoms with Gasteiger partial charge in [-0.25, -0.2) is 0 Å². The normalized spacial score (nSPS) is 10.1. The maximum absolute atomic E-state index is 3.92. The van der Waals surface area contributed by atoms with Crippen LogP contribution in [0.5, 0.6) is 0 Å². The van der Waals surface area contributed by atoms with Gasteiger partial charge in [0.25, 0.3) is 0 Å². The minimum Gasteiger partial charge on any atom is -0.320 e. The van der Waals surface area contributed by atoms with Crippen LogP contribution in [0.3, 0.4) is 0 Å². The predicted molar refractivity (Wildman–Crippen MR) is 63.4 cm³/mol. The monoisotopic (exact) mass is 189 g/mol. The van der Waals surface area contributed by atoms with Crippen LogP contribution in [0.25, 0.3) is 5.57 Å². The van der Waals surface area contributed by atoms with Gasteiger partial charge in [-0.2, -0.15) is 0 Å². The number of hydrogen-bond acceptors (Lipinski definition) is 1. The Balaban J connectivity index is 2.51. The molecule has 0 bridgehead atoms. The van der Waals surface area contributed by atoms with Gasteiger partial charge in [-0.15, -0.1) is 0 Å². The van der Waals surface area contributed by atoms with E-state index in [0.717, 1.165) is 18.5 Å². The van der Waals surface area contributed by atoms with E-state index in [2.05, 4.69) is 36.2 Å². The predicted octanol–water partition coefficient (Wildman–Crippen LogP) is 2.87. The van der Waals surface area contributed by atoms with Crippen molar-refractivity contribution in [3.05, 3.63) is 42.0 Å². The van der Waals surface area contributed by atoms with Crippen LogP contribution in [0.4, 0.5) is 0 Å². The summed E-state index contributed by atoms with van der Waals surface area (Å²) in [6, 6.07) is 8.69. The number of benzene rings is 1. The van der Waals surface area contributed by atoms with Gasteiger partial charge in [0.05, 0.1) is 0 Å². The fourth-order valence-corrected chi connectivity index (χ4v) is 1.43. The molecule has 0 saturated heterocycles. The molecular formula is C13H19N. The van der Waals surface area contributed by atoms with Crippen LogP contribution in [0.1, 0.15) is 24.5 Å². The Bertz CT molecular complexity index is 285. The number of aryl methyl sites for hydroxylation is 1. The van der Waals surface area contributed by atoms with Crippen LogP contribution >= 0.6 is 0 Å². The van der Waals surface area contributed by atoms with Gasteiger partial charge in [0.15, 0.2) is 0 Å². The molecule has 0 atom stereocenters. The molecule has 0 amide bonds. The fourth-order valence-electron chi connectivity index (χ4n) is 1.43. The molecule has 1 N–H and O–H groups in total. The molecule has 0 aliphatic rings. The Morgan fingerprint density at radius 2 is 1.93 bits per heavy atom. The van der Waals surface area contributed by atoms with Crippen molar-refractivity contribution in [3.8, 4) is 0 Å².